The first-order valence-electron chi connectivity index (χ1n) is 5.72. The summed E-state index contributed by atoms with van der Waals surface area (Å²) in [5.74, 6) is -0.256. The van der Waals surface area contributed by atoms with Gasteiger partial charge in [-0.15, -0.1) is 0 Å². The van der Waals surface area contributed by atoms with Gasteiger partial charge in [-0.05, 0) is 46.5 Å². The van der Waals surface area contributed by atoms with E-state index in [4.69, 9.17) is 4.74 Å². The molecule has 0 aromatic heterocycles. The Hall–Kier alpha value is -1.36. The van der Waals surface area contributed by atoms with E-state index in [9.17, 15) is 9.59 Å². The predicted octanol–water partition coefficient (Wildman–Crippen LogP) is 2.24. The lowest BCUT2D eigenvalue weighted by atomic mass is 9.96. The molecular weight excluding hydrogens is 298 g/mol. The van der Waals surface area contributed by atoms with Crippen molar-refractivity contribution in [3.05, 3.63) is 27.7 Å². The second kappa shape index (κ2) is 3.57. The topological polar surface area (TPSA) is 46.6 Å². The monoisotopic (exact) mass is 309 g/mol. The minimum Gasteiger partial charge on any atom is -0.465 e. The predicted molar refractivity (Wildman–Crippen MR) is 69.8 cm³/mol. The zero-order chi connectivity index (χ0) is 13.1. The van der Waals surface area contributed by atoms with E-state index in [1.807, 2.05) is 6.07 Å². The molecule has 18 heavy (non-hydrogen) atoms. The summed E-state index contributed by atoms with van der Waals surface area (Å²) in [5, 5.41) is 0. The molecule has 1 heterocycles. The van der Waals surface area contributed by atoms with E-state index in [0.717, 1.165) is 24.1 Å². The number of esters is 1. The number of hydrogen-bond donors (Lipinski definition) is 0. The van der Waals surface area contributed by atoms with Crippen molar-refractivity contribution in [3.63, 3.8) is 0 Å². The molecule has 1 aromatic carbocycles. The Labute approximate surface area is 113 Å². The second-order valence-corrected chi connectivity index (χ2v) is 5.64. The number of benzene rings is 1. The Morgan fingerprint density at radius 2 is 2.11 bits per heavy atom. The summed E-state index contributed by atoms with van der Waals surface area (Å²) in [6.45, 7) is 0. The number of fused-ring (bicyclic) bond motifs is 2. The van der Waals surface area contributed by atoms with Crippen LogP contribution in [0, 0.1) is 0 Å². The zero-order valence-electron chi connectivity index (χ0n) is 10.1. The zero-order valence-corrected chi connectivity index (χ0v) is 11.7. The molecule has 0 N–H and O–H groups in total. The number of anilines is 1. The molecule has 1 saturated carbocycles. The maximum atomic E-state index is 12.2. The number of likely N-dealkylation sites (N-methyl/N-ethyl adjacent to an activating group) is 1. The van der Waals surface area contributed by atoms with E-state index in [1.165, 1.54) is 7.11 Å². The smallest absolute Gasteiger partial charge is 0.339 e. The molecule has 1 aromatic rings. The number of halogens is 1. The Balaban J connectivity index is 2.20. The fraction of sp³-hybridized carbons (Fsp3) is 0.385. The van der Waals surface area contributed by atoms with Crippen molar-refractivity contribution in [2.45, 2.75) is 18.3 Å². The van der Waals surface area contributed by atoms with Gasteiger partial charge in [0.2, 0.25) is 5.91 Å². The highest BCUT2D eigenvalue weighted by molar-refractivity contribution is 9.10. The Morgan fingerprint density at radius 3 is 2.67 bits per heavy atom. The fourth-order valence-corrected chi connectivity index (χ4v) is 3.14. The summed E-state index contributed by atoms with van der Waals surface area (Å²) < 4.78 is 5.41. The van der Waals surface area contributed by atoms with Gasteiger partial charge < -0.3 is 9.64 Å². The summed E-state index contributed by atoms with van der Waals surface area (Å²) in [5.41, 5.74) is 1.95. The van der Waals surface area contributed by atoms with Crippen molar-refractivity contribution in [2.24, 2.45) is 0 Å². The highest BCUT2D eigenvalue weighted by Crippen LogP contribution is 2.57. The normalized spacial score (nSPS) is 19.1. The van der Waals surface area contributed by atoms with Gasteiger partial charge in [0, 0.05) is 17.2 Å². The first-order valence-corrected chi connectivity index (χ1v) is 6.51. The van der Waals surface area contributed by atoms with Crippen molar-refractivity contribution >= 4 is 33.5 Å². The van der Waals surface area contributed by atoms with E-state index in [1.54, 1.807) is 18.0 Å². The van der Waals surface area contributed by atoms with Gasteiger partial charge in [-0.2, -0.15) is 0 Å². The van der Waals surface area contributed by atoms with Crippen LogP contribution in [0.2, 0.25) is 0 Å². The number of carbonyl (C=O) groups excluding carboxylic acids is 2. The molecule has 2 aliphatic rings. The molecule has 1 amide bonds. The molecule has 0 atom stereocenters. The van der Waals surface area contributed by atoms with Crippen molar-refractivity contribution in [3.8, 4) is 0 Å². The van der Waals surface area contributed by atoms with Gasteiger partial charge in [0.15, 0.2) is 0 Å². The van der Waals surface area contributed by atoms with Crippen LogP contribution in [0.3, 0.4) is 0 Å². The van der Waals surface area contributed by atoms with Crippen LogP contribution in [0.15, 0.2) is 16.6 Å². The van der Waals surface area contributed by atoms with E-state index < -0.39 is 0 Å². The van der Waals surface area contributed by atoms with Crippen LogP contribution in [0.4, 0.5) is 5.69 Å². The molecule has 0 bridgehead atoms. The fourth-order valence-electron chi connectivity index (χ4n) is 2.64. The van der Waals surface area contributed by atoms with Crippen molar-refractivity contribution in [1.82, 2.24) is 0 Å². The van der Waals surface area contributed by atoms with Crippen LogP contribution in [0.5, 0.6) is 0 Å². The lowest BCUT2D eigenvalue weighted by Gasteiger charge is -2.11. The lowest BCUT2D eigenvalue weighted by molar-refractivity contribution is -0.119. The molecular formula is C13H12BrNO3. The van der Waals surface area contributed by atoms with Gasteiger partial charge in [-0.3, -0.25) is 4.79 Å². The molecule has 0 saturated heterocycles. The highest BCUT2D eigenvalue weighted by atomic mass is 79.9. The molecule has 4 nitrogen and oxygen atoms in total. The Morgan fingerprint density at radius 1 is 1.44 bits per heavy atom. The molecule has 94 valence electrons. The SMILES string of the molecule is COC(=O)c1cc2c(cc1Br)N(C)C(=O)C21CC1. The van der Waals surface area contributed by atoms with Gasteiger partial charge in [0.05, 0.1) is 18.1 Å². The number of ether oxygens (including phenoxy) is 1. The minimum absolute atomic E-state index is 0.131. The summed E-state index contributed by atoms with van der Waals surface area (Å²) in [6, 6.07) is 3.62. The molecule has 1 spiro atoms. The van der Waals surface area contributed by atoms with Crippen LogP contribution in [0.1, 0.15) is 28.8 Å². The van der Waals surface area contributed by atoms with Crippen molar-refractivity contribution in [1.29, 1.82) is 0 Å². The van der Waals surface area contributed by atoms with Gasteiger partial charge in [-0.25, -0.2) is 4.79 Å². The van der Waals surface area contributed by atoms with Crippen LogP contribution in [-0.4, -0.2) is 26.0 Å². The largest absolute Gasteiger partial charge is 0.465 e. The molecule has 1 fully saturated rings. The van der Waals surface area contributed by atoms with Crippen LogP contribution >= 0.6 is 15.9 Å². The number of hydrogen-bond acceptors (Lipinski definition) is 3. The van der Waals surface area contributed by atoms with Gasteiger partial charge in [0.1, 0.15) is 0 Å². The minimum atomic E-state index is -0.387. The van der Waals surface area contributed by atoms with Gasteiger partial charge in [0.25, 0.3) is 0 Å². The van der Waals surface area contributed by atoms with E-state index in [2.05, 4.69) is 15.9 Å². The third-order valence-corrected chi connectivity index (χ3v) is 4.49. The third-order valence-electron chi connectivity index (χ3n) is 3.83. The number of carbonyl (C=O) groups is 2. The number of rotatable bonds is 1. The molecule has 5 heteroatoms. The molecule has 0 unspecified atom stereocenters. The number of methoxy groups -OCH3 is 1. The molecule has 3 rings (SSSR count). The average Bonchev–Trinajstić information content (AvgIpc) is 3.13. The third kappa shape index (κ3) is 1.31. The van der Waals surface area contributed by atoms with E-state index >= 15 is 0 Å². The summed E-state index contributed by atoms with van der Waals surface area (Å²) in [4.78, 5) is 25.6. The number of amides is 1. The van der Waals surface area contributed by atoms with Crippen LogP contribution in [-0.2, 0) is 14.9 Å². The quantitative estimate of drug-likeness (QED) is 0.747. The van der Waals surface area contributed by atoms with Gasteiger partial charge in [-0.1, -0.05) is 0 Å². The van der Waals surface area contributed by atoms with E-state index in [0.29, 0.717) is 10.0 Å². The maximum absolute atomic E-state index is 12.2. The van der Waals surface area contributed by atoms with Crippen LogP contribution in [0.25, 0.3) is 0 Å². The van der Waals surface area contributed by atoms with Crippen molar-refractivity contribution in [2.75, 3.05) is 19.1 Å². The van der Waals surface area contributed by atoms with Crippen molar-refractivity contribution < 1.29 is 14.3 Å². The van der Waals surface area contributed by atoms with Crippen LogP contribution < -0.4 is 4.90 Å². The first-order chi connectivity index (χ1) is 8.51. The molecule has 1 aliphatic carbocycles. The molecule has 0 radical (unpaired) electrons. The molecule has 1 aliphatic heterocycles. The lowest BCUT2D eigenvalue weighted by Crippen LogP contribution is -2.27. The highest BCUT2D eigenvalue weighted by Gasteiger charge is 2.58. The summed E-state index contributed by atoms with van der Waals surface area (Å²) in [6.07, 6.45) is 1.73. The Bertz CT molecular complexity index is 578. The average molecular weight is 310 g/mol. The summed E-state index contributed by atoms with van der Waals surface area (Å²) >= 11 is 3.36. The van der Waals surface area contributed by atoms with E-state index in [-0.39, 0.29) is 17.3 Å². The van der Waals surface area contributed by atoms with Gasteiger partial charge >= 0.3 is 5.97 Å². The first kappa shape index (κ1) is 11.7. The second-order valence-electron chi connectivity index (χ2n) is 4.79. The summed E-state index contributed by atoms with van der Waals surface area (Å²) in [7, 11) is 3.13. The maximum Gasteiger partial charge on any atom is 0.339 e. The number of nitrogens with zero attached hydrogens (tertiary/aromatic N) is 1. The standard InChI is InChI=1S/C13H12BrNO3/c1-15-10-6-9(14)7(11(16)18-2)5-8(10)13(3-4-13)12(15)17/h5-6H,3-4H2,1-2H3. The Kier molecular flexibility index (Phi) is 2.32.